The number of carbonyl (C=O) groups excluding carboxylic acids is 2. The molecule has 1 fully saturated rings. The molecular formula is C30H37N5O4. The number of anilines is 2. The van der Waals surface area contributed by atoms with E-state index in [4.69, 9.17) is 4.74 Å². The van der Waals surface area contributed by atoms with Crippen molar-refractivity contribution in [3.63, 3.8) is 0 Å². The van der Waals surface area contributed by atoms with E-state index in [0.29, 0.717) is 49.6 Å². The van der Waals surface area contributed by atoms with E-state index >= 15 is 0 Å². The molecule has 1 saturated heterocycles. The lowest BCUT2D eigenvalue weighted by Crippen LogP contribution is -2.48. The molecule has 2 atom stereocenters. The molecule has 2 heterocycles. The van der Waals surface area contributed by atoms with Crippen LogP contribution in [-0.2, 0) is 17.8 Å². The van der Waals surface area contributed by atoms with Gasteiger partial charge >= 0.3 is 0 Å². The molecule has 0 unspecified atom stereocenters. The van der Waals surface area contributed by atoms with Gasteiger partial charge < -0.3 is 30.7 Å². The summed E-state index contributed by atoms with van der Waals surface area (Å²) < 4.78 is 5.10. The summed E-state index contributed by atoms with van der Waals surface area (Å²) in [6, 6.07) is 18.4. The Kier molecular flexibility index (Phi) is 9.88. The number of methoxy groups -OCH3 is 1. The zero-order valence-electron chi connectivity index (χ0n) is 22.5. The van der Waals surface area contributed by atoms with E-state index in [1.54, 1.807) is 36.4 Å². The molecule has 1 aliphatic heterocycles. The van der Waals surface area contributed by atoms with Crippen LogP contribution in [0, 0.1) is 0 Å². The summed E-state index contributed by atoms with van der Waals surface area (Å²) in [6.07, 6.45) is 2.65. The fraction of sp³-hybridized carbons (Fsp3) is 0.367. The van der Waals surface area contributed by atoms with E-state index in [9.17, 15) is 14.7 Å². The van der Waals surface area contributed by atoms with Gasteiger partial charge in [0.25, 0.3) is 5.91 Å². The van der Waals surface area contributed by atoms with Crippen LogP contribution in [0.1, 0.15) is 41.3 Å². The molecule has 9 nitrogen and oxygen atoms in total. The van der Waals surface area contributed by atoms with Crippen molar-refractivity contribution in [2.45, 2.75) is 44.9 Å². The van der Waals surface area contributed by atoms with Crippen molar-refractivity contribution in [3.05, 3.63) is 83.6 Å². The van der Waals surface area contributed by atoms with E-state index in [2.05, 4.69) is 20.9 Å². The minimum Gasteiger partial charge on any atom is -0.481 e. The van der Waals surface area contributed by atoms with Crippen molar-refractivity contribution >= 4 is 23.2 Å². The Morgan fingerprint density at radius 2 is 1.95 bits per heavy atom. The van der Waals surface area contributed by atoms with Crippen molar-refractivity contribution in [3.8, 4) is 5.88 Å². The zero-order chi connectivity index (χ0) is 27.6. The topological polar surface area (TPSA) is 116 Å². The number of ether oxygens (including phenoxy) is 1. The predicted molar refractivity (Wildman–Crippen MR) is 152 cm³/mol. The van der Waals surface area contributed by atoms with Gasteiger partial charge in [-0.3, -0.25) is 9.59 Å². The summed E-state index contributed by atoms with van der Waals surface area (Å²) in [5, 5.41) is 20.7. The molecule has 1 aromatic heterocycles. The van der Waals surface area contributed by atoms with Crippen molar-refractivity contribution in [1.29, 1.82) is 0 Å². The molecule has 4 rings (SSSR count). The number of hydrogen-bond acceptors (Lipinski definition) is 7. The van der Waals surface area contributed by atoms with Crippen LogP contribution in [0.25, 0.3) is 0 Å². The maximum Gasteiger partial charge on any atom is 0.251 e. The number of carbonyl (C=O) groups is 2. The standard InChI is InChI=1S/C30H37N5O4/c1-3-32-24-15-23(16-25(17-24)35-13-7-10-29(35)37)30(38)34-26(14-21-8-5-4-6-9-21)27(36)20-31-18-22-11-12-28(39-2)33-19-22/h4-6,8-9,11-12,15-17,19,26-27,31-32,36H,3,7,10,13-14,18,20H2,1-2H3,(H,34,38)/t26-,27+/m0/s1. The van der Waals surface area contributed by atoms with Gasteiger partial charge in [0.2, 0.25) is 11.8 Å². The highest BCUT2D eigenvalue weighted by Gasteiger charge is 2.25. The predicted octanol–water partition coefficient (Wildman–Crippen LogP) is 3.14. The summed E-state index contributed by atoms with van der Waals surface area (Å²) in [4.78, 5) is 31.8. The van der Waals surface area contributed by atoms with Gasteiger partial charge in [0.05, 0.1) is 19.3 Å². The van der Waals surface area contributed by atoms with Crippen molar-refractivity contribution in [1.82, 2.24) is 15.6 Å². The second kappa shape index (κ2) is 13.7. The number of aliphatic hydroxyl groups is 1. The molecule has 39 heavy (non-hydrogen) atoms. The zero-order valence-corrected chi connectivity index (χ0v) is 22.5. The average molecular weight is 532 g/mol. The first kappa shape index (κ1) is 28.1. The number of rotatable bonds is 13. The number of hydrogen-bond donors (Lipinski definition) is 4. The Morgan fingerprint density at radius 3 is 2.62 bits per heavy atom. The van der Waals surface area contributed by atoms with Crippen LogP contribution in [0.2, 0.25) is 0 Å². The summed E-state index contributed by atoms with van der Waals surface area (Å²) in [5.41, 5.74) is 3.87. The number of nitrogens with zero attached hydrogens (tertiary/aromatic N) is 2. The summed E-state index contributed by atoms with van der Waals surface area (Å²) >= 11 is 0. The van der Waals surface area contributed by atoms with Gasteiger partial charge in [-0.1, -0.05) is 36.4 Å². The molecule has 3 aromatic rings. The van der Waals surface area contributed by atoms with Crippen LogP contribution in [0.4, 0.5) is 11.4 Å². The van der Waals surface area contributed by atoms with E-state index in [1.165, 1.54) is 0 Å². The van der Waals surface area contributed by atoms with E-state index < -0.39 is 12.1 Å². The molecule has 0 radical (unpaired) electrons. The van der Waals surface area contributed by atoms with Crippen LogP contribution in [0.3, 0.4) is 0 Å². The molecular weight excluding hydrogens is 494 g/mol. The van der Waals surface area contributed by atoms with Gasteiger partial charge in [0.15, 0.2) is 0 Å². The third kappa shape index (κ3) is 7.78. The maximum absolute atomic E-state index is 13.5. The molecule has 4 N–H and O–H groups in total. The Labute approximate surface area is 229 Å². The largest absolute Gasteiger partial charge is 0.481 e. The fourth-order valence-corrected chi connectivity index (χ4v) is 4.67. The molecule has 0 bridgehead atoms. The summed E-state index contributed by atoms with van der Waals surface area (Å²) in [6.45, 7) is 4.09. The van der Waals surface area contributed by atoms with Gasteiger partial charge in [-0.15, -0.1) is 0 Å². The van der Waals surface area contributed by atoms with Crippen molar-refractivity contribution in [2.24, 2.45) is 0 Å². The number of amides is 2. The third-order valence-electron chi connectivity index (χ3n) is 6.71. The van der Waals surface area contributed by atoms with E-state index in [-0.39, 0.29) is 18.4 Å². The number of aliphatic hydroxyl groups excluding tert-OH is 1. The number of benzene rings is 2. The normalized spacial score (nSPS) is 14.6. The average Bonchev–Trinajstić information content (AvgIpc) is 3.39. The van der Waals surface area contributed by atoms with Crippen molar-refractivity contribution in [2.75, 3.05) is 37.0 Å². The fourth-order valence-electron chi connectivity index (χ4n) is 4.67. The first-order valence-electron chi connectivity index (χ1n) is 13.4. The molecule has 206 valence electrons. The van der Waals surface area contributed by atoms with Crippen LogP contribution in [0.5, 0.6) is 5.88 Å². The Bertz CT molecular complexity index is 1240. The monoisotopic (exact) mass is 531 g/mol. The van der Waals surface area contributed by atoms with Crippen LogP contribution >= 0.6 is 0 Å². The van der Waals surface area contributed by atoms with Gasteiger partial charge in [0, 0.05) is 61.8 Å². The second-order valence-electron chi connectivity index (χ2n) is 9.62. The Morgan fingerprint density at radius 1 is 1.13 bits per heavy atom. The quantitative estimate of drug-likeness (QED) is 0.268. The highest BCUT2D eigenvalue weighted by Crippen LogP contribution is 2.27. The second-order valence-corrected chi connectivity index (χ2v) is 9.62. The first-order chi connectivity index (χ1) is 19.0. The van der Waals surface area contributed by atoms with E-state index in [0.717, 1.165) is 23.2 Å². The lowest BCUT2D eigenvalue weighted by molar-refractivity contribution is -0.117. The minimum absolute atomic E-state index is 0.0607. The molecule has 9 heteroatoms. The Hall–Kier alpha value is -3.95. The van der Waals surface area contributed by atoms with Gasteiger partial charge in [-0.25, -0.2) is 4.98 Å². The van der Waals surface area contributed by atoms with Crippen LogP contribution < -0.4 is 25.6 Å². The third-order valence-corrected chi connectivity index (χ3v) is 6.71. The molecule has 0 spiro atoms. The molecule has 0 aliphatic carbocycles. The summed E-state index contributed by atoms with van der Waals surface area (Å²) in [7, 11) is 1.57. The van der Waals surface area contributed by atoms with Gasteiger partial charge in [0.1, 0.15) is 0 Å². The maximum atomic E-state index is 13.5. The lowest BCUT2D eigenvalue weighted by Gasteiger charge is -2.25. The summed E-state index contributed by atoms with van der Waals surface area (Å²) in [5.74, 6) is 0.299. The van der Waals surface area contributed by atoms with Crippen LogP contribution in [0.15, 0.2) is 66.9 Å². The number of aromatic nitrogens is 1. The smallest absolute Gasteiger partial charge is 0.251 e. The molecule has 0 saturated carbocycles. The van der Waals surface area contributed by atoms with Gasteiger partial charge in [-0.05, 0) is 49.1 Å². The highest BCUT2D eigenvalue weighted by molar-refractivity contribution is 6.00. The number of nitrogens with one attached hydrogen (secondary N) is 3. The van der Waals surface area contributed by atoms with E-state index in [1.807, 2.05) is 49.4 Å². The lowest BCUT2D eigenvalue weighted by atomic mass is 10.00. The Balaban J connectivity index is 1.48. The first-order valence-corrected chi connectivity index (χ1v) is 13.4. The van der Waals surface area contributed by atoms with Crippen LogP contribution in [-0.4, -0.2) is 60.8 Å². The molecule has 2 amide bonds. The molecule has 1 aliphatic rings. The van der Waals surface area contributed by atoms with Crippen molar-refractivity contribution < 1.29 is 19.4 Å². The van der Waals surface area contributed by atoms with Gasteiger partial charge in [-0.2, -0.15) is 0 Å². The SMILES string of the molecule is CCNc1cc(C(=O)N[C@@H](Cc2ccccc2)[C@H](O)CNCc2ccc(OC)nc2)cc(N2CCCC2=O)c1. The highest BCUT2D eigenvalue weighted by atomic mass is 16.5. The minimum atomic E-state index is -0.850. The molecule has 2 aromatic carbocycles. The number of pyridine rings is 1.